The van der Waals surface area contributed by atoms with Gasteiger partial charge < -0.3 is 34.3 Å². The Morgan fingerprint density at radius 3 is 1.73 bits per heavy atom. The fraction of sp³-hybridized carbons (Fsp3) is 0.375. The van der Waals surface area contributed by atoms with E-state index in [1.54, 1.807) is 53.7 Å². The van der Waals surface area contributed by atoms with Gasteiger partial charge in [0.25, 0.3) is 5.91 Å². The van der Waals surface area contributed by atoms with Crippen LogP contribution in [0.3, 0.4) is 0 Å². The average molecular weight is 866 g/mol. The molecule has 0 fully saturated rings. The first-order valence-electron chi connectivity index (χ1n) is 20.7. The molecular formula is C48H59N5O10. The number of guanidine groups is 1. The number of alkyl carbamates (subject to hydrolysis) is 2. The van der Waals surface area contributed by atoms with E-state index < -0.39 is 59.9 Å². The first-order chi connectivity index (χ1) is 29.9. The lowest BCUT2D eigenvalue weighted by Gasteiger charge is -2.22. The molecule has 0 unspecified atom stereocenters. The topological polar surface area (TPSA) is 192 Å². The second-order valence-electron chi connectivity index (χ2n) is 16.4. The molecule has 15 nitrogen and oxygen atoms in total. The number of carbonyl (C=O) groups excluding carboxylic acids is 5. The Hall–Kier alpha value is -6.90. The van der Waals surface area contributed by atoms with Crippen LogP contribution in [-0.4, -0.2) is 86.1 Å². The third-order valence-electron chi connectivity index (χ3n) is 9.01. The van der Waals surface area contributed by atoms with Gasteiger partial charge in [-0.25, -0.2) is 14.4 Å². The molecule has 336 valence electrons. The largest absolute Gasteiger partial charge is 0.489 e. The zero-order valence-electron chi connectivity index (χ0n) is 37.1. The lowest BCUT2D eigenvalue weighted by atomic mass is 9.92. The van der Waals surface area contributed by atoms with Crippen LogP contribution >= 0.6 is 0 Å². The van der Waals surface area contributed by atoms with Crippen molar-refractivity contribution >= 4 is 57.5 Å². The summed E-state index contributed by atoms with van der Waals surface area (Å²) in [5.41, 5.74) is -0.130. The van der Waals surface area contributed by atoms with Gasteiger partial charge in [0.1, 0.15) is 41.4 Å². The van der Waals surface area contributed by atoms with E-state index in [-0.39, 0.29) is 32.0 Å². The summed E-state index contributed by atoms with van der Waals surface area (Å²) in [7, 11) is 1.21. The van der Waals surface area contributed by atoms with Gasteiger partial charge in [-0.05, 0) is 101 Å². The Morgan fingerprint density at radius 1 is 0.683 bits per heavy atom. The smallest absolute Gasteiger partial charge is 0.414 e. The van der Waals surface area contributed by atoms with Crippen molar-refractivity contribution in [2.75, 3.05) is 26.9 Å². The van der Waals surface area contributed by atoms with Crippen LogP contribution in [0.4, 0.5) is 9.59 Å². The van der Waals surface area contributed by atoms with E-state index in [2.05, 4.69) is 39.4 Å². The molecule has 0 aromatic heterocycles. The first kappa shape index (κ1) is 48.8. The molecule has 2 atom stereocenters. The van der Waals surface area contributed by atoms with E-state index in [1.165, 1.54) is 13.2 Å². The molecule has 4 rings (SSSR count). The molecule has 4 amide bonds. The second kappa shape index (κ2) is 22.8. The maximum absolute atomic E-state index is 13.8. The first-order valence-corrected chi connectivity index (χ1v) is 20.7. The molecule has 63 heavy (non-hydrogen) atoms. The number of esters is 1. The Balaban J connectivity index is 1.57. The van der Waals surface area contributed by atoms with E-state index in [4.69, 9.17) is 23.7 Å². The number of unbranched alkanes of at least 4 members (excludes halogenated alkanes) is 1. The summed E-state index contributed by atoms with van der Waals surface area (Å²) in [6.07, 6.45) is 2.35. The summed E-state index contributed by atoms with van der Waals surface area (Å²) in [4.78, 5) is 69.5. The monoisotopic (exact) mass is 865 g/mol. The fourth-order valence-electron chi connectivity index (χ4n) is 6.41. The number of hydrogen-bond donors (Lipinski definition) is 4. The minimum Gasteiger partial charge on any atom is -0.489 e. The van der Waals surface area contributed by atoms with Crippen molar-refractivity contribution in [3.63, 3.8) is 0 Å². The number of aliphatic imine (C=N–C) groups is 1. The van der Waals surface area contributed by atoms with E-state index in [0.717, 1.165) is 32.7 Å². The third-order valence-corrected chi connectivity index (χ3v) is 9.01. The van der Waals surface area contributed by atoms with Crippen molar-refractivity contribution in [1.29, 1.82) is 0 Å². The molecule has 0 aliphatic carbocycles. The summed E-state index contributed by atoms with van der Waals surface area (Å²) in [5, 5.41) is 14.0. The number of carbonyl (C=O) groups is 5. The van der Waals surface area contributed by atoms with Crippen LogP contribution < -0.4 is 30.7 Å². The van der Waals surface area contributed by atoms with Crippen LogP contribution in [0.15, 0.2) is 103 Å². The van der Waals surface area contributed by atoms with Gasteiger partial charge in [-0.15, -0.1) is 6.58 Å². The predicted octanol–water partition coefficient (Wildman–Crippen LogP) is 7.90. The predicted molar refractivity (Wildman–Crippen MR) is 244 cm³/mol. The van der Waals surface area contributed by atoms with Crippen LogP contribution in [0.25, 0.3) is 32.7 Å². The standard InChI is InChI=1S/C48H59N5O10/c1-10-18-36(43(56)59-9)51-42(55)35(23-16-17-28-49-44(52-45(57)62-47(3,4)5)53-46(58)63-48(6,7)8)50-39(54)30-61-38-27-25-32-20-13-15-22-34(32)41(38)40-33-21-14-12-19-31(33)24-26-37(40)60-29-11-2/h10-15,19-22,24-27,35-36H,1-2,16-18,23,28-30H2,3-9H3,(H,50,54)(H,51,55)(H2,49,52,53,57,58)/t35-,36+/m1/s1. The van der Waals surface area contributed by atoms with E-state index >= 15 is 0 Å². The number of benzene rings is 4. The molecule has 4 N–H and O–H groups in total. The van der Waals surface area contributed by atoms with Crippen LogP contribution in [0, 0.1) is 0 Å². The number of fused-ring (bicyclic) bond motifs is 2. The van der Waals surface area contributed by atoms with Gasteiger partial charge in [-0.2, -0.15) is 0 Å². The summed E-state index contributed by atoms with van der Waals surface area (Å²) in [5.74, 6) is -1.09. The minimum absolute atomic E-state index is 0.0883. The van der Waals surface area contributed by atoms with Crippen LogP contribution in [0.2, 0.25) is 0 Å². The molecule has 0 radical (unpaired) electrons. The van der Waals surface area contributed by atoms with Crippen molar-refractivity contribution in [2.45, 2.75) is 90.5 Å². The molecular weight excluding hydrogens is 807 g/mol. The highest BCUT2D eigenvalue weighted by molar-refractivity contribution is 6.10. The van der Waals surface area contributed by atoms with Crippen LogP contribution in [-0.2, 0) is 28.6 Å². The number of methoxy groups -OCH3 is 1. The average Bonchev–Trinajstić information content (AvgIpc) is 3.22. The summed E-state index contributed by atoms with van der Waals surface area (Å²) >= 11 is 0. The third kappa shape index (κ3) is 15.2. The van der Waals surface area contributed by atoms with Crippen molar-refractivity contribution < 1.29 is 47.7 Å². The highest BCUT2D eigenvalue weighted by atomic mass is 16.6. The van der Waals surface area contributed by atoms with E-state index in [9.17, 15) is 24.0 Å². The van der Waals surface area contributed by atoms with Gasteiger partial charge in [0.15, 0.2) is 6.61 Å². The molecule has 0 spiro atoms. The Morgan fingerprint density at radius 2 is 1.22 bits per heavy atom. The van der Waals surface area contributed by atoms with E-state index in [1.807, 2.05) is 66.7 Å². The zero-order chi connectivity index (χ0) is 46.2. The van der Waals surface area contributed by atoms with Crippen molar-refractivity contribution in [3.8, 4) is 22.6 Å². The van der Waals surface area contributed by atoms with Gasteiger partial charge >= 0.3 is 18.2 Å². The van der Waals surface area contributed by atoms with Crippen LogP contribution in [0.1, 0.15) is 67.2 Å². The lowest BCUT2D eigenvalue weighted by Crippen LogP contribution is -2.52. The van der Waals surface area contributed by atoms with Crippen molar-refractivity contribution in [1.82, 2.24) is 21.3 Å². The summed E-state index contributed by atoms with van der Waals surface area (Å²) in [6, 6.07) is 21.2. The summed E-state index contributed by atoms with van der Waals surface area (Å²) in [6.45, 7) is 17.5. The van der Waals surface area contributed by atoms with Gasteiger partial charge in [0, 0.05) is 17.7 Å². The zero-order valence-corrected chi connectivity index (χ0v) is 37.1. The van der Waals surface area contributed by atoms with Gasteiger partial charge in [-0.1, -0.05) is 79.4 Å². The molecule has 0 aliphatic rings. The SMILES string of the molecule is C=CCOc1ccc2ccccc2c1-c1c(OCC(=O)N[C@H](CCCCN=C(NC(=O)OC(C)(C)C)NC(=O)OC(C)(C)C)C(=O)N[C@@H](CC=C)C(=O)OC)ccc2ccccc12. The van der Waals surface area contributed by atoms with Crippen molar-refractivity contribution in [2.24, 2.45) is 4.99 Å². The molecule has 4 aromatic carbocycles. The Bertz CT molecular complexity index is 2280. The lowest BCUT2D eigenvalue weighted by molar-refractivity contribution is -0.145. The summed E-state index contributed by atoms with van der Waals surface area (Å²) < 4.78 is 28.0. The molecule has 0 saturated heterocycles. The maximum atomic E-state index is 13.8. The number of rotatable bonds is 18. The second-order valence-corrected chi connectivity index (χ2v) is 16.4. The number of nitrogens with zero attached hydrogens (tertiary/aromatic N) is 1. The number of ether oxygens (including phenoxy) is 5. The minimum atomic E-state index is -1.12. The molecule has 15 heteroatoms. The van der Waals surface area contributed by atoms with Crippen LogP contribution in [0.5, 0.6) is 11.5 Å². The van der Waals surface area contributed by atoms with Crippen molar-refractivity contribution in [3.05, 3.63) is 98.1 Å². The molecule has 4 aromatic rings. The number of hydrogen-bond acceptors (Lipinski definition) is 11. The van der Waals surface area contributed by atoms with Gasteiger partial charge in [-0.3, -0.25) is 25.2 Å². The Labute approximate surface area is 368 Å². The van der Waals surface area contributed by atoms with Gasteiger partial charge in [0.05, 0.1) is 7.11 Å². The molecule has 0 aliphatic heterocycles. The molecule has 0 bridgehead atoms. The fourth-order valence-corrected chi connectivity index (χ4v) is 6.41. The highest BCUT2D eigenvalue weighted by Crippen LogP contribution is 2.45. The van der Waals surface area contributed by atoms with Gasteiger partial charge in [0.2, 0.25) is 11.9 Å². The normalized spacial score (nSPS) is 12.2. The quantitative estimate of drug-likeness (QED) is 0.0191. The molecule has 0 heterocycles. The highest BCUT2D eigenvalue weighted by Gasteiger charge is 2.28. The number of nitrogens with one attached hydrogen (secondary N) is 4. The Kier molecular flexibility index (Phi) is 17.6. The molecule has 0 saturated carbocycles. The number of amides is 4. The van der Waals surface area contributed by atoms with E-state index in [0.29, 0.717) is 24.3 Å². The maximum Gasteiger partial charge on any atom is 0.414 e.